The van der Waals surface area contributed by atoms with Gasteiger partial charge in [0.25, 0.3) is 0 Å². The molecule has 0 atom stereocenters. The van der Waals surface area contributed by atoms with Crippen molar-refractivity contribution >= 4 is 17.3 Å². The molecule has 1 saturated heterocycles. The third-order valence-corrected chi connectivity index (χ3v) is 5.43. The molecular formula is C24H28N8O2. The molecular weight excluding hydrogens is 432 g/mol. The summed E-state index contributed by atoms with van der Waals surface area (Å²) in [5, 5.41) is 18.6. The maximum absolute atomic E-state index is 10.2. The Bertz CT molecular complexity index is 1210. The number of phenols is 1. The quantitative estimate of drug-likeness (QED) is 0.481. The normalized spacial score (nSPS) is 13.7. The lowest BCUT2D eigenvalue weighted by atomic mass is 10.1. The van der Waals surface area contributed by atoms with Crippen LogP contribution in [0.4, 0.5) is 17.3 Å². The van der Waals surface area contributed by atoms with Crippen molar-refractivity contribution in [2.75, 3.05) is 54.9 Å². The van der Waals surface area contributed by atoms with Crippen LogP contribution in [-0.4, -0.2) is 64.6 Å². The molecule has 4 rings (SSSR count). The predicted octanol–water partition coefficient (Wildman–Crippen LogP) is 1.65. The number of anilines is 3. The highest BCUT2D eigenvalue weighted by Crippen LogP contribution is 2.32. The van der Waals surface area contributed by atoms with Crippen molar-refractivity contribution in [1.82, 2.24) is 20.2 Å². The molecule has 3 aromatic rings. The largest absolute Gasteiger partial charge is 0.507 e. The predicted molar refractivity (Wildman–Crippen MR) is 132 cm³/mol. The van der Waals surface area contributed by atoms with E-state index in [-0.39, 0.29) is 12.3 Å². The number of aromatic hydroxyl groups is 1. The first-order valence-electron chi connectivity index (χ1n) is 11.2. The maximum atomic E-state index is 10.2. The van der Waals surface area contributed by atoms with Crippen molar-refractivity contribution in [1.29, 1.82) is 0 Å². The fourth-order valence-corrected chi connectivity index (χ4v) is 3.84. The zero-order valence-corrected chi connectivity index (χ0v) is 19.1. The molecule has 176 valence electrons. The van der Waals surface area contributed by atoms with Gasteiger partial charge in [-0.1, -0.05) is 18.1 Å². The third-order valence-electron chi connectivity index (χ3n) is 5.43. The molecule has 0 amide bonds. The van der Waals surface area contributed by atoms with Gasteiger partial charge >= 0.3 is 0 Å². The first-order chi connectivity index (χ1) is 16.6. The molecule has 1 fully saturated rings. The van der Waals surface area contributed by atoms with Crippen LogP contribution in [0.25, 0.3) is 11.3 Å². The molecule has 10 nitrogen and oxygen atoms in total. The van der Waals surface area contributed by atoms with Crippen molar-refractivity contribution < 1.29 is 9.84 Å². The minimum Gasteiger partial charge on any atom is -0.507 e. The van der Waals surface area contributed by atoms with Gasteiger partial charge < -0.3 is 31.1 Å². The van der Waals surface area contributed by atoms with Crippen LogP contribution in [0.2, 0.25) is 0 Å². The number of para-hydroxylation sites is 1. The average Bonchev–Trinajstić information content (AvgIpc) is 3.10. The van der Waals surface area contributed by atoms with Crippen molar-refractivity contribution in [3.63, 3.8) is 0 Å². The van der Waals surface area contributed by atoms with Gasteiger partial charge in [0.1, 0.15) is 11.6 Å². The van der Waals surface area contributed by atoms with Gasteiger partial charge in [-0.3, -0.25) is 0 Å². The topological polar surface area (TPSA) is 140 Å². The van der Waals surface area contributed by atoms with Crippen molar-refractivity contribution in [2.45, 2.75) is 13.3 Å². The number of hydrogen-bond donors (Lipinski definition) is 3. The van der Waals surface area contributed by atoms with Gasteiger partial charge in [-0.25, -0.2) is 4.98 Å². The molecule has 0 spiro atoms. The Kier molecular flexibility index (Phi) is 7.25. The highest BCUT2D eigenvalue weighted by Gasteiger charge is 2.21. The summed E-state index contributed by atoms with van der Waals surface area (Å²) in [4.78, 5) is 13.3. The lowest BCUT2D eigenvalue weighted by molar-refractivity contribution is 0.326. The van der Waals surface area contributed by atoms with Crippen LogP contribution in [0.15, 0.2) is 36.4 Å². The Hall–Kier alpha value is -4.10. The van der Waals surface area contributed by atoms with E-state index in [4.69, 9.17) is 16.2 Å². The minimum absolute atomic E-state index is 0.150. The first-order valence-corrected chi connectivity index (χ1v) is 11.2. The molecule has 0 aliphatic carbocycles. The van der Waals surface area contributed by atoms with Crippen LogP contribution in [0.5, 0.6) is 11.6 Å². The second kappa shape index (κ2) is 10.7. The highest BCUT2D eigenvalue weighted by molar-refractivity contribution is 5.74. The molecule has 5 N–H and O–H groups in total. The van der Waals surface area contributed by atoms with Crippen molar-refractivity contribution in [2.24, 2.45) is 5.73 Å². The summed E-state index contributed by atoms with van der Waals surface area (Å²) in [7, 11) is 0. The Balaban J connectivity index is 1.57. The number of ether oxygens (including phenoxy) is 1. The third kappa shape index (κ3) is 5.27. The zero-order chi connectivity index (χ0) is 23.9. The minimum atomic E-state index is 0.150. The van der Waals surface area contributed by atoms with Crippen LogP contribution in [0.3, 0.4) is 0 Å². The van der Waals surface area contributed by atoms with Crippen LogP contribution < -0.4 is 26.0 Å². The molecule has 0 saturated carbocycles. The number of benzene rings is 1. The number of nitrogen functional groups attached to an aromatic ring is 1. The van der Waals surface area contributed by atoms with Crippen molar-refractivity contribution in [3.05, 3.63) is 42.2 Å². The fourth-order valence-electron chi connectivity index (χ4n) is 3.84. The van der Waals surface area contributed by atoms with Gasteiger partial charge in [-0.05, 0) is 37.5 Å². The van der Waals surface area contributed by atoms with E-state index < -0.39 is 0 Å². The molecule has 3 heterocycles. The Morgan fingerprint density at radius 2 is 1.85 bits per heavy atom. The fraction of sp³-hybridized carbons (Fsp3) is 0.333. The van der Waals surface area contributed by atoms with E-state index in [2.05, 4.69) is 41.8 Å². The summed E-state index contributed by atoms with van der Waals surface area (Å²) in [5.41, 5.74) is 13.7. The van der Waals surface area contributed by atoms with E-state index in [1.807, 2.05) is 25.1 Å². The van der Waals surface area contributed by atoms with E-state index in [0.717, 1.165) is 31.0 Å². The standard InChI is InChI=1S/C24H28N8O2/c1-2-34-23-16-22(27-21(28-23)9-5-10-25)32-12-6-11-31(13-14-32)19-15-18(29-30-24(19)26)17-7-3-4-8-20(17)33/h3-4,7-8,15-16,33H,2,6,10-14,25H2,1H3,(H2,26,30). The Morgan fingerprint density at radius 3 is 2.65 bits per heavy atom. The second-order valence-electron chi connectivity index (χ2n) is 7.67. The summed E-state index contributed by atoms with van der Waals surface area (Å²) in [6.07, 6.45) is 0.880. The number of phenolic OH excluding ortho intramolecular Hbond substituents is 1. The Morgan fingerprint density at radius 1 is 1.06 bits per heavy atom. The van der Waals surface area contributed by atoms with Crippen LogP contribution in [-0.2, 0) is 0 Å². The molecule has 0 radical (unpaired) electrons. The van der Waals surface area contributed by atoms with Gasteiger partial charge in [0.05, 0.1) is 24.5 Å². The summed E-state index contributed by atoms with van der Waals surface area (Å²) in [6, 6.07) is 10.8. The maximum Gasteiger partial charge on any atom is 0.219 e. The van der Waals surface area contributed by atoms with Crippen LogP contribution in [0, 0.1) is 11.8 Å². The zero-order valence-electron chi connectivity index (χ0n) is 19.1. The van der Waals surface area contributed by atoms with E-state index in [9.17, 15) is 5.11 Å². The lowest BCUT2D eigenvalue weighted by Crippen LogP contribution is -2.32. The van der Waals surface area contributed by atoms with E-state index in [1.165, 1.54) is 0 Å². The monoisotopic (exact) mass is 460 g/mol. The molecule has 1 aliphatic heterocycles. The highest BCUT2D eigenvalue weighted by atomic mass is 16.5. The molecule has 34 heavy (non-hydrogen) atoms. The first kappa shape index (κ1) is 23.1. The van der Waals surface area contributed by atoms with Crippen molar-refractivity contribution in [3.8, 4) is 34.7 Å². The average molecular weight is 461 g/mol. The lowest BCUT2D eigenvalue weighted by Gasteiger charge is -2.25. The van der Waals surface area contributed by atoms with Crippen LogP contribution >= 0.6 is 0 Å². The Labute approximate surface area is 198 Å². The van der Waals surface area contributed by atoms with Gasteiger partial charge in [0, 0.05) is 37.8 Å². The molecule has 0 unspecified atom stereocenters. The molecule has 10 heteroatoms. The van der Waals surface area contributed by atoms with Gasteiger partial charge in [-0.15, -0.1) is 10.2 Å². The van der Waals surface area contributed by atoms with Gasteiger partial charge in [0.15, 0.2) is 5.82 Å². The summed E-state index contributed by atoms with van der Waals surface area (Å²) < 4.78 is 5.62. The summed E-state index contributed by atoms with van der Waals surface area (Å²) >= 11 is 0. The van der Waals surface area contributed by atoms with E-state index in [1.54, 1.807) is 18.2 Å². The number of rotatable bonds is 5. The van der Waals surface area contributed by atoms with Crippen LogP contribution in [0.1, 0.15) is 19.2 Å². The van der Waals surface area contributed by atoms with Gasteiger partial charge in [0.2, 0.25) is 11.7 Å². The number of nitrogens with two attached hydrogens (primary N) is 2. The van der Waals surface area contributed by atoms with Gasteiger partial charge in [-0.2, -0.15) is 4.98 Å². The molecule has 2 aromatic heterocycles. The number of aromatic nitrogens is 4. The second-order valence-corrected chi connectivity index (χ2v) is 7.67. The molecule has 1 aromatic carbocycles. The van der Waals surface area contributed by atoms with E-state index in [0.29, 0.717) is 48.5 Å². The smallest absolute Gasteiger partial charge is 0.219 e. The number of hydrogen-bond acceptors (Lipinski definition) is 10. The molecule has 1 aliphatic rings. The SMILES string of the molecule is CCOc1cc(N2CCCN(c3cc(-c4ccccc4O)nnc3N)CC2)nc(C#CCN)n1. The summed E-state index contributed by atoms with van der Waals surface area (Å²) in [6.45, 7) is 5.65. The molecule has 0 bridgehead atoms. The number of nitrogens with zero attached hydrogens (tertiary/aromatic N) is 6. The van der Waals surface area contributed by atoms with E-state index >= 15 is 0 Å². The summed E-state index contributed by atoms with van der Waals surface area (Å²) in [5.74, 6) is 7.85.